The molecule has 2 aromatic heterocycles. The molecular formula is C22H18ClN3O3S. The number of hydrogen-bond acceptors (Lipinski definition) is 4. The van der Waals surface area contributed by atoms with Crippen molar-refractivity contribution in [3.05, 3.63) is 90.9 Å². The highest BCUT2D eigenvalue weighted by Crippen LogP contribution is 2.21. The maximum absolute atomic E-state index is 13.3. The number of carbonyl (C=O) groups is 1. The van der Waals surface area contributed by atoms with E-state index >= 15 is 0 Å². The zero-order valence-corrected chi connectivity index (χ0v) is 17.9. The molecule has 0 spiro atoms. The lowest BCUT2D eigenvalue weighted by molar-refractivity contribution is -0.116. The van der Waals surface area contributed by atoms with Crippen molar-refractivity contribution in [2.24, 2.45) is 0 Å². The van der Waals surface area contributed by atoms with Gasteiger partial charge < -0.3 is 5.32 Å². The summed E-state index contributed by atoms with van der Waals surface area (Å²) in [5, 5.41) is 5.04. The number of aryl methyl sites for hydroxylation is 2. The van der Waals surface area contributed by atoms with E-state index in [4.69, 9.17) is 11.6 Å². The number of benzene rings is 2. The van der Waals surface area contributed by atoms with Gasteiger partial charge >= 0.3 is 5.69 Å². The lowest BCUT2D eigenvalue weighted by Gasteiger charge is -2.14. The van der Waals surface area contributed by atoms with E-state index in [9.17, 15) is 14.4 Å². The molecule has 8 heteroatoms. The van der Waals surface area contributed by atoms with Gasteiger partial charge in [-0.25, -0.2) is 9.36 Å². The van der Waals surface area contributed by atoms with Crippen LogP contribution in [0.2, 0.25) is 5.02 Å². The number of carbonyl (C=O) groups excluding carboxylic acids is 1. The van der Waals surface area contributed by atoms with E-state index in [1.165, 1.54) is 15.9 Å². The van der Waals surface area contributed by atoms with Crippen LogP contribution in [0.25, 0.3) is 15.9 Å². The van der Waals surface area contributed by atoms with Crippen LogP contribution in [0.4, 0.5) is 5.69 Å². The summed E-state index contributed by atoms with van der Waals surface area (Å²) in [5.74, 6) is -0.389. The van der Waals surface area contributed by atoms with Crippen molar-refractivity contribution >= 4 is 44.7 Å². The van der Waals surface area contributed by atoms with Crippen LogP contribution >= 0.6 is 22.9 Å². The number of nitrogens with one attached hydrogen (secondary N) is 1. The first kappa shape index (κ1) is 20.1. The van der Waals surface area contributed by atoms with Crippen LogP contribution in [0.1, 0.15) is 11.1 Å². The first-order valence-corrected chi connectivity index (χ1v) is 10.5. The van der Waals surface area contributed by atoms with E-state index in [-0.39, 0.29) is 18.0 Å². The quantitative estimate of drug-likeness (QED) is 0.519. The molecule has 0 aliphatic heterocycles. The number of aromatic nitrogens is 2. The third-order valence-corrected chi connectivity index (χ3v) is 6.17. The van der Waals surface area contributed by atoms with Crippen LogP contribution in [0, 0.1) is 13.8 Å². The number of hydrogen-bond donors (Lipinski definition) is 1. The molecule has 0 atom stereocenters. The largest absolute Gasteiger partial charge is 0.336 e. The van der Waals surface area contributed by atoms with Crippen molar-refractivity contribution < 1.29 is 4.79 Å². The standard InChI is InChI=1S/C22H18ClN3O3S/c1-13-7-8-15(11-16(13)23)24-19(27)12-25-18-9-10-30-20(18)21(28)26(22(25)29)17-6-4-3-5-14(17)2/h3-11H,12H2,1-2H3,(H,24,27). The predicted octanol–water partition coefficient (Wildman–Crippen LogP) is 4.12. The van der Waals surface area contributed by atoms with Crippen molar-refractivity contribution in [1.29, 1.82) is 0 Å². The molecule has 2 aromatic carbocycles. The molecular weight excluding hydrogens is 422 g/mol. The van der Waals surface area contributed by atoms with Crippen molar-refractivity contribution in [2.45, 2.75) is 20.4 Å². The van der Waals surface area contributed by atoms with Gasteiger partial charge in [0.2, 0.25) is 5.91 Å². The molecule has 2 heterocycles. The zero-order chi connectivity index (χ0) is 21.4. The fourth-order valence-electron chi connectivity index (χ4n) is 3.28. The summed E-state index contributed by atoms with van der Waals surface area (Å²) in [5.41, 5.74) is 2.23. The topological polar surface area (TPSA) is 73.1 Å². The second-order valence-electron chi connectivity index (χ2n) is 6.94. The first-order chi connectivity index (χ1) is 14.4. The molecule has 0 aliphatic carbocycles. The van der Waals surface area contributed by atoms with Crippen LogP contribution in [-0.2, 0) is 11.3 Å². The fraction of sp³-hybridized carbons (Fsp3) is 0.136. The minimum Gasteiger partial charge on any atom is -0.324 e. The fourth-order valence-corrected chi connectivity index (χ4v) is 4.29. The lowest BCUT2D eigenvalue weighted by atomic mass is 10.2. The van der Waals surface area contributed by atoms with E-state index in [2.05, 4.69) is 5.32 Å². The highest BCUT2D eigenvalue weighted by atomic mass is 35.5. The number of fused-ring (bicyclic) bond motifs is 1. The number of amides is 1. The van der Waals surface area contributed by atoms with Gasteiger partial charge in [0.15, 0.2) is 0 Å². The van der Waals surface area contributed by atoms with Crippen molar-refractivity contribution in [1.82, 2.24) is 9.13 Å². The number of nitrogens with zero attached hydrogens (tertiary/aromatic N) is 2. The van der Waals surface area contributed by atoms with Gasteiger partial charge in [-0.1, -0.05) is 35.9 Å². The number of thiophene rings is 1. The first-order valence-electron chi connectivity index (χ1n) is 9.22. The molecule has 0 saturated heterocycles. The summed E-state index contributed by atoms with van der Waals surface area (Å²) in [7, 11) is 0. The third kappa shape index (κ3) is 3.58. The highest BCUT2D eigenvalue weighted by Gasteiger charge is 2.18. The van der Waals surface area contributed by atoms with Gasteiger partial charge in [-0.05, 0) is 54.6 Å². The van der Waals surface area contributed by atoms with E-state index in [1.807, 2.05) is 26.0 Å². The average molecular weight is 440 g/mol. The van der Waals surface area contributed by atoms with E-state index in [1.54, 1.807) is 41.8 Å². The second kappa shape index (κ2) is 7.93. The van der Waals surface area contributed by atoms with E-state index in [0.29, 0.717) is 26.6 Å². The molecule has 0 saturated carbocycles. The van der Waals surface area contributed by atoms with Gasteiger partial charge in [0, 0.05) is 10.7 Å². The van der Waals surface area contributed by atoms with Gasteiger partial charge in [-0.3, -0.25) is 14.2 Å². The van der Waals surface area contributed by atoms with Crippen LogP contribution in [0.5, 0.6) is 0 Å². The Hall–Kier alpha value is -3.16. The normalized spacial score (nSPS) is 11.0. The van der Waals surface area contributed by atoms with Crippen LogP contribution in [0.15, 0.2) is 63.5 Å². The predicted molar refractivity (Wildman–Crippen MR) is 121 cm³/mol. The Morgan fingerprint density at radius 1 is 1.07 bits per heavy atom. The van der Waals surface area contributed by atoms with Gasteiger partial charge in [-0.2, -0.15) is 0 Å². The van der Waals surface area contributed by atoms with Crippen molar-refractivity contribution in [3.63, 3.8) is 0 Å². The summed E-state index contributed by atoms with van der Waals surface area (Å²) < 4.78 is 2.87. The van der Waals surface area contributed by atoms with Gasteiger partial charge in [0.1, 0.15) is 11.2 Å². The molecule has 0 bridgehead atoms. The molecule has 1 N–H and O–H groups in total. The Morgan fingerprint density at radius 3 is 2.57 bits per heavy atom. The SMILES string of the molecule is Cc1ccc(NC(=O)Cn2c(=O)n(-c3ccccc3C)c(=O)c3sccc32)cc1Cl. The molecule has 152 valence electrons. The Balaban J connectivity index is 1.79. The van der Waals surface area contributed by atoms with E-state index < -0.39 is 5.69 Å². The van der Waals surface area contributed by atoms with E-state index in [0.717, 1.165) is 15.7 Å². The summed E-state index contributed by atoms with van der Waals surface area (Å²) in [6, 6.07) is 14.1. The highest BCUT2D eigenvalue weighted by molar-refractivity contribution is 7.17. The molecule has 0 radical (unpaired) electrons. The van der Waals surface area contributed by atoms with Crippen LogP contribution in [0.3, 0.4) is 0 Å². The van der Waals surface area contributed by atoms with Gasteiger partial charge in [-0.15, -0.1) is 11.3 Å². The molecule has 30 heavy (non-hydrogen) atoms. The zero-order valence-electron chi connectivity index (χ0n) is 16.3. The smallest absolute Gasteiger partial charge is 0.324 e. The number of anilines is 1. The summed E-state index contributed by atoms with van der Waals surface area (Å²) >= 11 is 7.37. The minimum atomic E-state index is -0.558. The third-order valence-electron chi connectivity index (χ3n) is 4.87. The molecule has 1 amide bonds. The maximum Gasteiger partial charge on any atom is 0.336 e. The molecule has 4 rings (SSSR count). The summed E-state index contributed by atoms with van der Waals surface area (Å²) in [6.07, 6.45) is 0. The van der Waals surface area contributed by atoms with Crippen LogP contribution in [-0.4, -0.2) is 15.0 Å². The maximum atomic E-state index is 13.3. The number of para-hydroxylation sites is 1. The number of rotatable bonds is 4. The second-order valence-corrected chi connectivity index (χ2v) is 8.27. The Bertz CT molecular complexity index is 1400. The molecule has 0 fully saturated rings. The Kier molecular flexibility index (Phi) is 5.32. The van der Waals surface area contributed by atoms with Gasteiger partial charge in [0.05, 0.1) is 11.2 Å². The lowest BCUT2D eigenvalue weighted by Crippen LogP contribution is -2.40. The molecule has 0 unspecified atom stereocenters. The van der Waals surface area contributed by atoms with Gasteiger partial charge in [0.25, 0.3) is 5.56 Å². The molecule has 4 aromatic rings. The monoisotopic (exact) mass is 439 g/mol. The average Bonchev–Trinajstić information content (AvgIpc) is 3.20. The summed E-state index contributed by atoms with van der Waals surface area (Å²) in [6.45, 7) is 3.47. The summed E-state index contributed by atoms with van der Waals surface area (Å²) in [4.78, 5) is 39.0. The minimum absolute atomic E-state index is 0.232. The van der Waals surface area contributed by atoms with Crippen LogP contribution < -0.4 is 16.6 Å². The molecule has 0 aliphatic rings. The van der Waals surface area contributed by atoms with Crippen molar-refractivity contribution in [2.75, 3.05) is 5.32 Å². The molecule has 6 nitrogen and oxygen atoms in total. The number of halogens is 1. The Morgan fingerprint density at radius 2 is 1.83 bits per heavy atom. The Labute approximate surface area is 181 Å². The van der Waals surface area contributed by atoms with Crippen molar-refractivity contribution in [3.8, 4) is 5.69 Å².